The van der Waals surface area contributed by atoms with E-state index in [-0.39, 0.29) is 11.0 Å². The van der Waals surface area contributed by atoms with Gasteiger partial charge in [-0.25, -0.2) is 4.98 Å². The van der Waals surface area contributed by atoms with Gasteiger partial charge in [0.25, 0.3) is 0 Å². The maximum absolute atomic E-state index is 10.6. The Balaban J connectivity index is 2.20. The van der Waals surface area contributed by atoms with Crippen molar-refractivity contribution >= 4 is 16.3 Å². The summed E-state index contributed by atoms with van der Waals surface area (Å²) in [7, 11) is 0. The van der Waals surface area contributed by atoms with E-state index in [1.165, 1.54) is 6.07 Å². The van der Waals surface area contributed by atoms with Gasteiger partial charge >= 0.3 is 5.00 Å². The van der Waals surface area contributed by atoms with Crippen molar-refractivity contribution in [3.8, 4) is 10.6 Å². The van der Waals surface area contributed by atoms with E-state index < -0.39 is 4.92 Å². The van der Waals surface area contributed by atoms with Gasteiger partial charge in [-0.15, -0.1) is 0 Å². The molecule has 0 bridgehead atoms. The van der Waals surface area contributed by atoms with Crippen molar-refractivity contribution in [2.24, 2.45) is 0 Å². The predicted molar refractivity (Wildman–Crippen MR) is 68.6 cm³/mol. The molecule has 0 saturated heterocycles. The van der Waals surface area contributed by atoms with Gasteiger partial charge in [-0.2, -0.15) is 0 Å². The highest BCUT2D eigenvalue weighted by atomic mass is 32.1. The number of aromatic nitrogens is 1. The van der Waals surface area contributed by atoms with Crippen molar-refractivity contribution < 1.29 is 9.34 Å². The van der Waals surface area contributed by atoms with E-state index >= 15 is 0 Å². The van der Waals surface area contributed by atoms with Crippen molar-refractivity contribution in [1.29, 1.82) is 0 Å². The zero-order valence-electron chi connectivity index (χ0n) is 10.0. The molecule has 18 heavy (non-hydrogen) atoms. The van der Waals surface area contributed by atoms with E-state index in [2.05, 4.69) is 10.3 Å². The molecule has 2 heterocycles. The van der Waals surface area contributed by atoms with Crippen LogP contribution in [-0.2, 0) is 0 Å². The van der Waals surface area contributed by atoms with Crippen LogP contribution >= 0.6 is 11.3 Å². The van der Waals surface area contributed by atoms with E-state index in [9.17, 15) is 10.1 Å². The minimum Gasteiger partial charge on any atom is -0.438 e. The second-order valence-electron chi connectivity index (χ2n) is 3.74. The number of oxazole rings is 1. The zero-order chi connectivity index (χ0) is 13.1. The summed E-state index contributed by atoms with van der Waals surface area (Å²) in [6.45, 7) is 4.78. The Morgan fingerprint density at radius 1 is 1.61 bits per heavy atom. The number of nitrogens with one attached hydrogen (secondary N) is 1. The summed E-state index contributed by atoms with van der Waals surface area (Å²) in [4.78, 5) is 15.1. The molecule has 0 aliphatic rings. The number of rotatable bonds is 5. The monoisotopic (exact) mass is 267 g/mol. The molecule has 2 aromatic heterocycles. The van der Waals surface area contributed by atoms with Crippen LogP contribution in [0.5, 0.6) is 0 Å². The topological polar surface area (TPSA) is 81.2 Å². The average molecular weight is 267 g/mol. The minimum atomic E-state index is -0.410. The largest absolute Gasteiger partial charge is 0.438 e. The Labute approximate surface area is 108 Å². The quantitative estimate of drug-likeness (QED) is 0.665. The first-order chi connectivity index (χ1) is 8.61. The van der Waals surface area contributed by atoms with Gasteiger partial charge in [-0.05, 0) is 19.5 Å². The molecule has 2 rings (SSSR count). The Morgan fingerprint density at radius 3 is 3.00 bits per heavy atom. The first kappa shape index (κ1) is 12.7. The molecule has 0 aliphatic heterocycles. The lowest BCUT2D eigenvalue weighted by Crippen LogP contribution is -2.17. The molecule has 96 valence electrons. The van der Waals surface area contributed by atoms with Crippen LogP contribution in [0.3, 0.4) is 0 Å². The van der Waals surface area contributed by atoms with Crippen molar-refractivity contribution in [3.05, 3.63) is 34.3 Å². The zero-order valence-corrected chi connectivity index (χ0v) is 10.9. The van der Waals surface area contributed by atoms with Crippen LogP contribution in [0.2, 0.25) is 0 Å². The molecule has 0 aliphatic carbocycles. The van der Waals surface area contributed by atoms with E-state index in [0.29, 0.717) is 16.5 Å². The van der Waals surface area contributed by atoms with Crippen LogP contribution in [0, 0.1) is 10.1 Å². The molecular weight excluding hydrogens is 254 g/mol. The average Bonchev–Trinajstić information content (AvgIpc) is 2.98. The number of hydrogen-bond acceptors (Lipinski definition) is 6. The van der Waals surface area contributed by atoms with Gasteiger partial charge in [0, 0.05) is 6.07 Å². The molecule has 1 unspecified atom stereocenters. The van der Waals surface area contributed by atoms with Crippen molar-refractivity contribution in [2.45, 2.75) is 19.9 Å². The van der Waals surface area contributed by atoms with Crippen LogP contribution in [0.1, 0.15) is 25.8 Å². The van der Waals surface area contributed by atoms with Gasteiger partial charge in [0.2, 0.25) is 5.89 Å². The van der Waals surface area contributed by atoms with Gasteiger partial charge < -0.3 is 9.73 Å². The van der Waals surface area contributed by atoms with Crippen LogP contribution < -0.4 is 5.32 Å². The summed E-state index contributed by atoms with van der Waals surface area (Å²) in [5, 5.41) is 13.9. The highest BCUT2D eigenvalue weighted by Crippen LogP contribution is 2.33. The van der Waals surface area contributed by atoms with E-state index in [1.54, 1.807) is 12.3 Å². The summed E-state index contributed by atoms with van der Waals surface area (Å²) in [6.07, 6.45) is 1.60. The highest BCUT2D eigenvalue weighted by molar-refractivity contribution is 7.18. The smallest absolute Gasteiger partial charge is 0.324 e. The van der Waals surface area contributed by atoms with Gasteiger partial charge in [0.1, 0.15) is 0 Å². The molecule has 1 N–H and O–H groups in total. The molecular formula is C11H13N3O3S. The first-order valence-electron chi connectivity index (χ1n) is 5.55. The molecule has 1 atom stereocenters. The number of thiophene rings is 1. The van der Waals surface area contributed by atoms with Crippen LogP contribution in [0.25, 0.3) is 10.6 Å². The maximum Gasteiger partial charge on any atom is 0.324 e. The minimum absolute atomic E-state index is 0.0266. The van der Waals surface area contributed by atoms with Crippen LogP contribution in [0.4, 0.5) is 5.00 Å². The lowest BCUT2D eigenvalue weighted by atomic mass is 10.3. The van der Waals surface area contributed by atoms with E-state index in [0.717, 1.165) is 17.9 Å². The molecule has 0 radical (unpaired) electrons. The van der Waals surface area contributed by atoms with Crippen molar-refractivity contribution in [3.63, 3.8) is 0 Å². The number of nitrogens with zero attached hydrogens (tertiary/aromatic N) is 2. The third kappa shape index (κ3) is 2.57. The summed E-state index contributed by atoms with van der Waals surface area (Å²) < 4.78 is 5.59. The lowest BCUT2D eigenvalue weighted by Gasteiger charge is -2.06. The fourth-order valence-corrected chi connectivity index (χ4v) is 2.32. The Kier molecular flexibility index (Phi) is 3.73. The Bertz CT molecular complexity index is 549. The molecule has 0 aromatic carbocycles. The van der Waals surface area contributed by atoms with Gasteiger partial charge in [0.15, 0.2) is 5.76 Å². The summed E-state index contributed by atoms with van der Waals surface area (Å²) in [5.74, 6) is 1.15. The standard InChI is InChI=1S/C11H13N3O3S/c1-3-12-7(2)11-13-6-8(17-11)9-4-5-10(18-9)14(15)16/h4-7,12H,3H2,1-2H3. The molecule has 6 nitrogen and oxygen atoms in total. The second kappa shape index (κ2) is 5.28. The van der Waals surface area contributed by atoms with Gasteiger partial charge in [-0.1, -0.05) is 18.3 Å². The normalized spacial score (nSPS) is 12.6. The van der Waals surface area contributed by atoms with E-state index in [4.69, 9.17) is 4.42 Å². The molecule has 7 heteroatoms. The molecule has 0 saturated carbocycles. The first-order valence-corrected chi connectivity index (χ1v) is 6.37. The second-order valence-corrected chi connectivity index (χ2v) is 4.80. The third-order valence-electron chi connectivity index (χ3n) is 2.42. The predicted octanol–water partition coefficient (Wildman–Crippen LogP) is 2.98. The molecule has 0 fully saturated rings. The van der Waals surface area contributed by atoms with E-state index in [1.807, 2.05) is 13.8 Å². The highest BCUT2D eigenvalue weighted by Gasteiger charge is 2.16. The van der Waals surface area contributed by atoms with Crippen LogP contribution in [-0.4, -0.2) is 16.5 Å². The molecule has 0 spiro atoms. The maximum atomic E-state index is 10.6. The molecule has 2 aromatic rings. The Morgan fingerprint density at radius 2 is 2.39 bits per heavy atom. The van der Waals surface area contributed by atoms with Crippen molar-refractivity contribution in [2.75, 3.05) is 6.54 Å². The van der Waals surface area contributed by atoms with Crippen molar-refractivity contribution in [1.82, 2.24) is 10.3 Å². The SMILES string of the molecule is CCNC(C)c1ncc(-c2ccc([N+](=O)[O-])s2)o1. The molecule has 0 amide bonds. The summed E-state index contributed by atoms with van der Waals surface area (Å²) >= 11 is 1.08. The van der Waals surface area contributed by atoms with Crippen LogP contribution in [0.15, 0.2) is 22.7 Å². The summed E-state index contributed by atoms with van der Waals surface area (Å²) in [6, 6.07) is 3.17. The lowest BCUT2D eigenvalue weighted by molar-refractivity contribution is -0.380. The Hall–Kier alpha value is -1.73. The summed E-state index contributed by atoms with van der Waals surface area (Å²) in [5.41, 5.74) is 0. The van der Waals surface area contributed by atoms with Gasteiger partial charge in [-0.3, -0.25) is 10.1 Å². The number of hydrogen-bond donors (Lipinski definition) is 1. The van der Waals surface area contributed by atoms with Gasteiger partial charge in [0.05, 0.1) is 22.0 Å². The fraction of sp³-hybridized carbons (Fsp3) is 0.364. The fourth-order valence-electron chi connectivity index (χ4n) is 1.55. The third-order valence-corrected chi connectivity index (χ3v) is 3.47. The number of nitro groups is 1.